The highest BCUT2D eigenvalue weighted by atomic mass is 16.5. The van der Waals surface area contributed by atoms with Crippen LogP contribution in [-0.2, 0) is 13.0 Å². The minimum Gasteiger partial charge on any atom is -0.489 e. The zero-order valence-electron chi connectivity index (χ0n) is 17.8. The molecule has 0 aliphatic carbocycles. The van der Waals surface area contributed by atoms with Crippen molar-refractivity contribution in [3.05, 3.63) is 95.8 Å². The Morgan fingerprint density at radius 3 is 1.96 bits per heavy atom. The number of hydrogen-bond donors (Lipinski definition) is 0. The average molecular weight is 366 g/mol. The van der Waals surface area contributed by atoms with Gasteiger partial charge in [0.15, 0.2) is 0 Å². The molecule has 0 amide bonds. The summed E-state index contributed by atoms with van der Waals surface area (Å²) in [6.45, 7) is 12.8. The monoisotopic (exact) mass is 365 g/mol. The molecule has 0 aliphatic rings. The Kier molecular flexibility index (Phi) is 15.2. The number of benzene rings is 2. The fourth-order valence-corrected chi connectivity index (χ4v) is 2.04. The standard InChI is InChI=1S/C15H16O.C6H7N.2C2H6/c1-2-13-9-6-10-15(11-13)16-12-14-7-4-3-5-8-14;1-6-3-2-4-7-5-6;2*1-2/h3-11H,2,12H2,1H3;2-5H,1H3;2*1-2H3. The zero-order chi connectivity index (χ0) is 20.3. The lowest BCUT2D eigenvalue weighted by Gasteiger charge is -2.07. The largest absolute Gasteiger partial charge is 0.489 e. The Hall–Kier alpha value is -2.61. The number of hydrogen-bond acceptors (Lipinski definition) is 2. The molecule has 0 N–H and O–H groups in total. The van der Waals surface area contributed by atoms with Crippen LogP contribution in [0.1, 0.15) is 51.3 Å². The zero-order valence-corrected chi connectivity index (χ0v) is 17.8. The number of rotatable bonds is 4. The van der Waals surface area contributed by atoms with Crippen molar-refractivity contribution in [2.45, 2.75) is 54.6 Å². The van der Waals surface area contributed by atoms with Crippen LogP contribution in [0.15, 0.2) is 79.1 Å². The SMILES string of the molecule is CC.CC.CCc1cccc(OCc2ccccc2)c1.Cc1cccnc1. The first-order valence-electron chi connectivity index (χ1n) is 9.90. The summed E-state index contributed by atoms with van der Waals surface area (Å²) >= 11 is 0. The topological polar surface area (TPSA) is 22.1 Å². The summed E-state index contributed by atoms with van der Waals surface area (Å²) in [6, 6.07) is 22.4. The van der Waals surface area contributed by atoms with Gasteiger partial charge in [-0.05, 0) is 48.2 Å². The second kappa shape index (κ2) is 16.8. The van der Waals surface area contributed by atoms with Crippen LogP contribution in [0.5, 0.6) is 5.75 Å². The van der Waals surface area contributed by atoms with Crippen LogP contribution in [-0.4, -0.2) is 4.98 Å². The van der Waals surface area contributed by atoms with E-state index in [1.165, 1.54) is 16.7 Å². The lowest BCUT2D eigenvalue weighted by Crippen LogP contribution is -1.95. The van der Waals surface area contributed by atoms with Crippen molar-refractivity contribution in [1.82, 2.24) is 4.98 Å². The second-order valence-electron chi connectivity index (χ2n) is 5.31. The molecule has 0 spiro atoms. The van der Waals surface area contributed by atoms with Crippen molar-refractivity contribution in [2.75, 3.05) is 0 Å². The molecule has 0 saturated heterocycles. The lowest BCUT2D eigenvalue weighted by molar-refractivity contribution is 0.306. The second-order valence-corrected chi connectivity index (χ2v) is 5.31. The minimum atomic E-state index is 0.633. The number of nitrogens with zero attached hydrogens (tertiary/aromatic N) is 1. The molecule has 0 radical (unpaired) electrons. The molecule has 3 rings (SSSR count). The van der Waals surface area contributed by atoms with E-state index in [1.54, 1.807) is 6.20 Å². The molecule has 2 heteroatoms. The molecule has 2 nitrogen and oxygen atoms in total. The molecule has 0 unspecified atom stereocenters. The number of aryl methyl sites for hydroxylation is 2. The molecule has 0 fully saturated rings. The molecule has 146 valence electrons. The normalized spacial score (nSPS) is 8.67. The van der Waals surface area contributed by atoms with Crippen LogP contribution in [0, 0.1) is 6.92 Å². The van der Waals surface area contributed by atoms with Gasteiger partial charge in [-0.3, -0.25) is 4.98 Å². The van der Waals surface area contributed by atoms with Crippen molar-refractivity contribution in [3.8, 4) is 5.75 Å². The minimum absolute atomic E-state index is 0.633. The van der Waals surface area contributed by atoms with Crippen LogP contribution in [0.25, 0.3) is 0 Å². The fourth-order valence-electron chi connectivity index (χ4n) is 2.04. The predicted octanol–water partition coefficient (Wildman–Crippen LogP) is 7.27. The van der Waals surface area contributed by atoms with Crippen LogP contribution >= 0.6 is 0 Å². The van der Waals surface area contributed by atoms with Crippen molar-refractivity contribution >= 4 is 0 Å². The first-order chi connectivity index (χ1) is 13.3. The fraction of sp³-hybridized carbons (Fsp3) is 0.320. The Balaban J connectivity index is 0.000000514. The summed E-state index contributed by atoms with van der Waals surface area (Å²) in [5.74, 6) is 0.947. The Morgan fingerprint density at radius 1 is 0.778 bits per heavy atom. The molecule has 27 heavy (non-hydrogen) atoms. The highest BCUT2D eigenvalue weighted by Gasteiger charge is 1.96. The quantitative estimate of drug-likeness (QED) is 0.485. The number of pyridine rings is 1. The third-order valence-corrected chi connectivity index (χ3v) is 3.36. The van der Waals surface area contributed by atoms with Gasteiger partial charge in [-0.15, -0.1) is 0 Å². The van der Waals surface area contributed by atoms with E-state index >= 15 is 0 Å². The maximum absolute atomic E-state index is 5.73. The van der Waals surface area contributed by atoms with E-state index in [1.807, 2.05) is 83.3 Å². The Labute approximate surface area is 166 Å². The molecule has 0 atom stereocenters. The summed E-state index contributed by atoms with van der Waals surface area (Å²) in [6.07, 6.45) is 4.65. The number of ether oxygens (including phenoxy) is 1. The van der Waals surface area contributed by atoms with E-state index in [0.717, 1.165) is 12.2 Å². The maximum atomic E-state index is 5.73. The third-order valence-electron chi connectivity index (χ3n) is 3.36. The predicted molar refractivity (Wildman–Crippen MR) is 118 cm³/mol. The van der Waals surface area contributed by atoms with Gasteiger partial charge in [0.2, 0.25) is 0 Å². The molecule has 1 aromatic heterocycles. The van der Waals surface area contributed by atoms with Crippen molar-refractivity contribution in [3.63, 3.8) is 0 Å². The van der Waals surface area contributed by atoms with E-state index in [4.69, 9.17) is 4.74 Å². The molecular formula is C25H35NO. The van der Waals surface area contributed by atoms with Gasteiger partial charge in [0.05, 0.1) is 0 Å². The van der Waals surface area contributed by atoms with E-state index < -0.39 is 0 Å². The molecule has 1 heterocycles. The summed E-state index contributed by atoms with van der Waals surface area (Å²) in [7, 11) is 0. The lowest BCUT2D eigenvalue weighted by atomic mass is 10.2. The van der Waals surface area contributed by atoms with Gasteiger partial charge >= 0.3 is 0 Å². The van der Waals surface area contributed by atoms with E-state index in [2.05, 4.69) is 36.2 Å². The highest BCUT2D eigenvalue weighted by Crippen LogP contribution is 2.15. The smallest absolute Gasteiger partial charge is 0.120 e. The number of aromatic nitrogens is 1. The molecule has 0 bridgehead atoms. The Bertz CT molecular complexity index is 681. The molecule has 0 aliphatic heterocycles. The van der Waals surface area contributed by atoms with E-state index in [0.29, 0.717) is 6.61 Å². The van der Waals surface area contributed by atoms with Crippen LogP contribution in [0.3, 0.4) is 0 Å². The molecule has 0 saturated carbocycles. The van der Waals surface area contributed by atoms with Crippen molar-refractivity contribution in [1.29, 1.82) is 0 Å². The van der Waals surface area contributed by atoms with Gasteiger partial charge in [-0.2, -0.15) is 0 Å². The van der Waals surface area contributed by atoms with Crippen molar-refractivity contribution < 1.29 is 4.74 Å². The molecule has 3 aromatic rings. The average Bonchev–Trinajstić information content (AvgIpc) is 2.77. The first-order valence-corrected chi connectivity index (χ1v) is 9.90. The molecular weight excluding hydrogens is 330 g/mol. The van der Waals surface area contributed by atoms with Gasteiger partial charge < -0.3 is 4.74 Å². The van der Waals surface area contributed by atoms with Crippen LogP contribution < -0.4 is 4.74 Å². The van der Waals surface area contributed by atoms with Gasteiger partial charge in [0, 0.05) is 12.4 Å². The summed E-state index contributed by atoms with van der Waals surface area (Å²) < 4.78 is 5.73. The van der Waals surface area contributed by atoms with Gasteiger partial charge in [0.1, 0.15) is 12.4 Å². The third kappa shape index (κ3) is 11.6. The van der Waals surface area contributed by atoms with Crippen LogP contribution in [0.4, 0.5) is 0 Å². The summed E-state index contributed by atoms with van der Waals surface area (Å²) in [5.41, 5.74) is 3.72. The van der Waals surface area contributed by atoms with Gasteiger partial charge in [-0.1, -0.05) is 83.1 Å². The Morgan fingerprint density at radius 2 is 1.44 bits per heavy atom. The summed E-state index contributed by atoms with van der Waals surface area (Å²) in [4.78, 5) is 3.88. The first kappa shape index (κ1) is 24.4. The van der Waals surface area contributed by atoms with Gasteiger partial charge in [0.25, 0.3) is 0 Å². The maximum Gasteiger partial charge on any atom is 0.120 e. The van der Waals surface area contributed by atoms with E-state index in [9.17, 15) is 0 Å². The van der Waals surface area contributed by atoms with Crippen LogP contribution in [0.2, 0.25) is 0 Å². The van der Waals surface area contributed by atoms with E-state index in [-0.39, 0.29) is 0 Å². The van der Waals surface area contributed by atoms with Gasteiger partial charge in [-0.25, -0.2) is 0 Å². The highest BCUT2D eigenvalue weighted by molar-refractivity contribution is 5.28. The summed E-state index contributed by atoms with van der Waals surface area (Å²) in [5, 5.41) is 0. The molecule has 2 aromatic carbocycles. The van der Waals surface area contributed by atoms with Crippen molar-refractivity contribution in [2.24, 2.45) is 0 Å².